The molecule has 0 bridgehead atoms. The van der Waals surface area contributed by atoms with E-state index in [0.29, 0.717) is 0 Å². The summed E-state index contributed by atoms with van der Waals surface area (Å²) in [6.45, 7) is 1.81. The highest BCUT2D eigenvalue weighted by molar-refractivity contribution is 5.92. The second kappa shape index (κ2) is 5.97. The summed E-state index contributed by atoms with van der Waals surface area (Å²) in [5.74, 6) is -1.23. The predicted octanol–water partition coefficient (Wildman–Crippen LogP) is 1.01. The highest BCUT2D eigenvalue weighted by Crippen LogP contribution is 2.28. The van der Waals surface area contributed by atoms with Crippen molar-refractivity contribution in [2.75, 3.05) is 13.2 Å². The lowest BCUT2D eigenvalue weighted by Crippen LogP contribution is -2.49. The number of rotatable bonds is 4. The van der Waals surface area contributed by atoms with Crippen molar-refractivity contribution in [3.63, 3.8) is 0 Å². The second-order valence-electron chi connectivity index (χ2n) is 5.22. The van der Waals surface area contributed by atoms with Crippen molar-refractivity contribution in [1.82, 2.24) is 5.32 Å². The number of hydrogen-bond acceptors (Lipinski definition) is 4. The van der Waals surface area contributed by atoms with Gasteiger partial charge in [-0.05, 0) is 30.7 Å². The molecule has 0 aromatic heterocycles. The Bertz CT molecular complexity index is 566. The molecule has 1 aromatic carbocycles. The minimum atomic E-state index is -1.11. The lowest BCUT2D eigenvalue weighted by Gasteiger charge is -2.24. The number of hydrogen-bond donors (Lipinski definition) is 3. The lowest BCUT2D eigenvalue weighted by molar-refractivity contribution is -0.148. The van der Waals surface area contributed by atoms with Crippen molar-refractivity contribution in [2.24, 2.45) is 5.41 Å². The Balaban J connectivity index is 1.98. The Hall–Kier alpha value is -2.34. The zero-order valence-corrected chi connectivity index (χ0v) is 11.6. The molecular weight excluding hydrogens is 274 g/mol. The summed E-state index contributed by atoms with van der Waals surface area (Å²) in [6.07, 6.45) is 2.91. The first kappa shape index (κ1) is 15.1. The van der Waals surface area contributed by atoms with E-state index in [1.54, 1.807) is 25.1 Å². The average molecular weight is 291 g/mol. The maximum atomic E-state index is 11.9. The molecule has 2 unspecified atom stereocenters. The summed E-state index contributed by atoms with van der Waals surface area (Å²) >= 11 is 0. The Morgan fingerprint density at radius 3 is 2.67 bits per heavy atom. The smallest absolute Gasteiger partial charge is 0.313 e. The van der Waals surface area contributed by atoms with Gasteiger partial charge in [-0.3, -0.25) is 9.59 Å². The average Bonchev–Trinajstić information content (AvgIpc) is 2.81. The van der Waals surface area contributed by atoms with Gasteiger partial charge < -0.3 is 20.3 Å². The van der Waals surface area contributed by atoms with E-state index in [-0.39, 0.29) is 24.9 Å². The quantitative estimate of drug-likeness (QED) is 0.720. The van der Waals surface area contributed by atoms with Gasteiger partial charge in [0.05, 0.1) is 19.3 Å². The summed E-state index contributed by atoms with van der Waals surface area (Å²) in [5.41, 5.74) is -0.353. The molecule has 2 atom stereocenters. The van der Waals surface area contributed by atoms with E-state index in [9.17, 15) is 14.7 Å². The van der Waals surface area contributed by atoms with Crippen molar-refractivity contribution >= 4 is 18.0 Å². The Labute approximate surface area is 122 Å². The molecule has 1 heterocycles. The standard InChI is InChI=1S/C15H17NO5/c1-15(14(19)20)9-21-8-12(15)16-13(18)7-4-10-2-5-11(17)6-3-10/h2-7,12,17H,8-9H2,1H3,(H,16,18)(H,19,20). The Morgan fingerprint density at radius 1 is 1.38 bits per heavy atom. The normalized spacial score (nSPS) is 25.1. The fourth-order valence-electron chi connectivity index (χ4n) is 2.06. The molecule has 1 aromatic rings. The molecule has 1 aliphatic heterocycles. The van der Waals surface area contributed by atoms with Crippen LogP contribution in [0.4, 0.5) is 0 Å². The van der Waals surface area contributed by atoms with E-state index in [4.69, 9.17) is 9.84 Å². The summed E-state index contributed by atoms with van der Waals surface area (Å²) in [4.78, 5) is 23.1. The first-order chi connectivity index (χ1) is 9.91. The zero-order chi connectivity index (χ0) is 15.5. The van der Waals surface area contributed by atoms with Crippen molar-refractivity contribution in [3.05, 3.63) is 35.9 Å². The predicted molar refractivity (Wildman–Crippen MR) is 75.6 cm³/mol. The van der Waals surface area contributed by atoms with Crippen LogP contribution in [0.15, 0.2) is 30.3 Å². The van der Waals surface area contributed by atoms with Crippen LogP contribution in [0.25, 0.3) is 6.08 Å². The van der Waals surface area contributed by atoms with Crippen molar-refractivity contribution in [2.45, 2.75) is 13.0 Å². The van der Waals surface area contributed by atoms with Crippen LogP contribution < -0.4 is 5.32 Å². The van der Waals surface area contributed by atoms with Gasteiger partial charge in [-0.1, -0.05) is 12.1 Å². The lowest BCUT2D eigenvalue weighted by atomic mass is 9.85. The molecule has 0 saturated carbocycles. The molecule has 6 nitrogen and oxygen atoms in total. The van der Waals surface area contributed by atoms with Crippen LogP contribution in [0, 0.1) is 5.41 Å². The molecule has 1 amide bonds. The molecule has 0 aliphatic carbocycles. The minimum absolute atomic E-state index is 0.0783. The number of aromatic hydroxyl groups is 1. The van der Waals surface area contributed by atoms with Gasteiger partial charge in [0.2, 0.25) is 5.91 Å². The molecule has 0 radical (unpaired) electrons. The van der Waals surface area contributed by atoms with Crippen molar-refractivity contribution < 1.29 is 24.5 Å². The molecule has 0 spiro atoms. The third-order valence-electron chi connectivity index (χ3n) is 3.58. The van der Waals surface area contributed by atoms with Gasteiger partial charge in [-0.25, -0.2) is 0 Å². The van der Waals surface area contributed by atoms with Crippen LogP contribution in [0.1, 0.15) is 12.5 Å². The number of carbonyl (C=O) groups is 2. The number of carboxylic acid groups (broad SMARTS) is 1. The van der Waals surface area contributed by atoms with Crippen molar-refractivity contribution in [3.8, 4) is 5.75 Å². The van der Waals surface area contributed by atoms with Crippen LogP contribution in [0.3, 0.4) is 0 Å². The maximum absolute atomic E-state index is 11.9. The van der Waals surface area contributed by atoms with Gasteiger partial charge >= 0.3 is 5.97 Å². The molecule has 2 rings (SSSR count). The minimum Gasteiger partial charge on any atom is -0.508 e. The summed E-state index contributed by atoms with van der Waals surface area (Å²) in [6, 6.07) is 5.80. The highest BCUT2D eigenvalue weighted by atomic mass is 16.5. The van der Waals surface area contributed by atoms with E-state index < -0.39 is 17.4 Å². The maximum Gasteiger partial charge on any atom is 0.313 e. The summed E-state index contributed by atoms with van der Waals surface area (Å²) in [7, 11) is 0. The third-order valence-corrected chi connectivity index (χ3v) is 3.58. The van der Waals surface area contributed by atoms with Crippen LogP contribution in [0.2, 0.25) is 0 Å². The molecule has 112 valence electrons. The molecule has 3 N–H and O–H groups in total. The number of phenols is 1. The fraction of sp³-hybridized carbons (Fsp3) is 0.333. The molecule has 6 heteroatoms. The number of nitrogens with one attached hydrogen (secondary N) is 1. The number of benzene rings is 1. The number of phenolic OH excluding ortho intramolecular Hbond substituents is 1. The number of aliphatic carboxylic acids is 1. The Morgan fingerprint density at radius 2 is 2.05 bits per heavy atom. The molecule has 1 saturated heterocycles. The van der Waals surface area contributed by atoms with Crippen LogP contribution in [-0.4, -0.2) is 41.3 Å². The van der Waals surface area contributed by atoms with Gasteiger partial charge in [-0.2, -0.15) is 0 Å². The van der Waals surface area contributed by atoms with Gasteiger partial charge in [0.25, 0.3) is 0 Å². The third kappa shape index (κ3) is 3.41. The highest BCUT2D eigenvalue weighted by Gasteiger charge is 2.47. The monoisotopic (exact) mass is 291 g/mol. The number of ether oxygens (including phenoxy) is 1. The van der Waals surface area contributed by atoms with Crippen LogP contribution in [-0.2, 0) is 14.3 Å². The van der Waals surface area contributed by atoms with Gasteiger partial charge in [0, 0.05) is 6.08 Å². The molecular formula is C15H17NO5. The summed E-state index contributed by atoms with van der Waals surface area (Å²) in [5, 5.41) is 21.0. The summed E-state index contributed by atoms with van der Waals surface area (Å²) < 4.78 is 5.16. The van der Waals surface area contributed by atoms with Gasteiger partial charge in [-0.15, -0.1) is 0 Å². The number of amides is 1. The van der Waals surface area contributed by atoms with Crippen molar-refractivity contribution in [1.29, 1.82) is 0 Å². The molecule has 21 heavy (non-hydrogen) atoms. The Kier molecular flexibility index (Phi) is 4.28. The zero-order valence-electron chi connectivity index (χ0n) is 11.6. The second-order valence-corrected chi connectivity index (χ2v) is 5.22. The number of carbonyl (C=O) groups excluding carboxylic acids is 1. The number of carboxylic acids is 1. The van der Waals surface area contributed by atoms with E-state index in [0.717, 1.165) is 5.56 Å². The van der Waals surface area contributed by atoms with Gasteiger partial charge in [0.1, 0.15) is 11.2 Å². The van der Waals surface area contributed by atoms with E-state index in [1.165, 1.54) is 18.2 Å². The molecule has 1 aliphatic rings. The van der Waals surface area contributed by atoms with Crippen LogP contribution >= 0.6 is 0 Å². The largest absolute Gasteiger partial charge is 0.508 e. The molecule has 1 fully saturated rings. The fourth-order valence-corrected chi connectivity index (χ4v) is 2.06. The van der Waals surface area contributed by atoms with E-state index in [2.05, 4.69) is 5.32 Å². The SMILES string of the molecule is CC1(C(=O)O)COCC1NC(=O)C=Cc1ccc(O)cc1. The van der Waals surface area contributed by atoms with E-state index >= 15 is 0 Å². The first-order valence-corrected chi connectivity index (χ1v) is 6.50. The topological polar surface area (TPSA) is 95.9 Å². The van der Waals surface area contributed by atoms with E-state index in [1.807, 2.05) is 0 Å². The first-order valence-electron chi connectivity index (χ1n) is 6.50. The van der Waals surface area contributed by atoms with Crippen LogP contribution in [0.5, 0.6) is 5.75 Å². The van der Waals surface area contributed by atoms with Gasteiger partial charge in [0.15, 0.2) is 0 Å².